The summed E-state index contributed by atoms with van der Waals surface area (Å²) in [5, 5.41) is 0. The Hall–Kier alpha value is -2.36. The molecule has 0 spiro atoms. The first-order valence-corrected chi connectivity index (χ1v) is 9.74. The van der Waals surface area contributed by atoms with E-state index in [1.807, 2.05) is 30.3 Å². The molecule has 6 nitrogen and oxygen atoms in total. The lowest BCUT2D eigenvalue weighted by Gasteiger charge is -2.33. The van der Waals surface area contributed by atoms with Crippen molar-refractivity contribution in [2.75, 3.05) is 26.2 Å². The Morgan fingerprint density at radius 3 is 2.63 bits per heavy atom. The molecule has 0 aromatic heterocycles. The highest BCUT2D eigenvalue weighted by Crippen LogP contribution is 2.22. The van der Waals surface area contributed by atoms with Crippen LogP contribution in [0, 0.1) is 11.6 Å². The normalized spacial score (nSPS) is 17.7. The second-order valence-corrected chi connectivity index (χ2v) is 7.74. The van der Waals surface area contributed by atoms with Crippen molar-refractivity contribution >= 4 is 15.9 Å². The van der Waals surface area contributed by atoms with Gasteiger partial charge in [0.1, 0.15) is 22.6 Å². The van der Waals surface area contributed by atoms with Gasteiger partial charge in [-0.3, -0.25) is 4.79 Å². The molecule has 1 N–H and O–H groups in total. The molecule has 1 saturated heterocycles. The zero-order valence-electron chi connectivity index (χ0n) is 14.3. The molecule has 1 fully saturated rings. The minimum Gasteiger partial charge on any atom is -0.370 e. The van der Waals surface area contributed by atoms with Gasteiger partial charge < -0.3 is 9.64 Å². The van der Waals surface area contributed by atoms with Gasteiger partial charge in [0.15, 0.2) is 0 Å². The van der Waals surface area contributed by atoms with E-state index in [9.17, 15) is 22.0 Å². The molecule has 27 heavy (non-hydrogen) atoms. The van der Waals surface area contributed by atoms with Crippen LogP contribution >= 0.6 is 0 Å². The largest absolute Gasteiger partial charge is 0.370 e. The van der Waals surface area contributed by atoms with Crippen molar-refractivity contribution in [3.8, 4) is 0 Å². The number of carbonyl (C=O) groups excluding carboxylic acids is 1. The van der Waals surface area contributed by atoms with Crippen LogP contribution in [-0.4, -0.2) is 45.5 Å². The summed E-state index contributed by atoms with van der Waals surface area (Å²) < 4.78 is 58.7. The molecular weight excluding hydrogens is 378 g/mol. The first-order valence-electron chi connectivity index (χ1n) is 8.26. The number of nitrogens with one attached hydrogen (secondary N) is 1. The third-order valence-corrected chi connectivity index (χ3v) is 5.62. The van der Waals surface area contributed by atoms with E-state index in [-0.39, 0.29) is 12.6 Å². The van der Waals surface area contributed by atoms with Gasteiger partial charge in [0, 0.05) is 12.6 Å². The van der Waals surface area contributed by atoms with Crippen LogP contribution in [0.4, 0.5) is 8.78 Å². The number of rotatable bonds is 5. The Kier molecular flexibility index (Phi) is 5.83. The van der Waals surface area contributed by atoms with Crippen molar-refractivity contribution in [3.63, 3.8) is 0 Å². The quantitative estimate of drug-likeness (QED) is 0.837. The van der Waals surface area contributed by atoms with E-state index < -0.39 is 39.0 Å². The molecule has 144 valence electrons. The van der Waals surface area contributed by atoms with Gasteiger partial charge in [-0.05, 0) is 17.7 Å². The third kappa shape index (κ3) is 4.68. The number of benzene rings is 2. The highest BCUT2D eigenvalue weighted by molar-refractivity contribution is 7.89. The molecule has 1 atom stereocenters. The summed E-state index contributed by atoms with van der Waals surface area (Å²) in [7, 11) is -4.28. The van der Waals surface area contributed by atoms with Crippen molar-refractivity contribution in [2.45, 2.75) is 11.0 Å². The van der Waals surface area contributed by atoms with Gasteiger partial charge in [-0.15, -0.1) is 0 Å². The lowest BCUT2D eigenvalue weighted by molar-refractivity contribution is -0.137. The van der Waals surface area contributed by atoms with E-state index in [0.717, 1.165) is 17.7 Å². The number of ether oxygens (including phenoxy) is 1. The van der Waals surface area contributed by atoms with E-state index in [2.05, 4.69) is 4.72 Å². The number of amides is 1. The Morgan fingerprint density at radius 1 is 1.19 bits per heavy atom. The van der Waals surface area contributed by atoms with Gasteiger partial charge in [-0.1, -0.05) is 30.3 Å². The second-order valence-electron chi connectivity index (χ2n) is 6.01. The predicted molar refractivity (Wildman–Crippen MR) is 93.3 cm³/mol. The van der Waals surface area contributed by atoms with Gasteiger partial charge in [0.2, 0.25) is 15.9 Å². The first-order chi connectivity index (χ1) is 12.9. The number of hydrogen-bond acceptors (Lipinski definition) is 4. The van der Waals surface area contributed by atoms with Gasteiger partial charge in [-0.2, -0.15) is 0 Å². The molecule has 1 heterocycles. The Balaban J connectivity index is 1.63. The molecule has 1 aliphatic heterocycles. The molecule has 0 unspecified atom stereocenters. The molecular formula is C18H18F2N2O4S. The molecule has 9 heteroatoms. The summed E-state index contributed by atoms with van der Waals surface area (Å²) in [6.07, 6.45) is -0.296. The van der Waals surface area contributed by atoms with E-state index >= 15 is 0 Å². The SMILES string of the molecule is O=C(CNS(=O)(=O)c1ccc(F)cc1F)N1CCO[C@@H](c2ccccc2)C1. The lowest BCUT2D eigenvalue weighted by Crippen LogP contribution is -2.46. The smallest absolute Gasteiger partial charge is 0.243 e. The van der Waals surface area contributed by atoms with Crippen molar-refractivity contribution in [1.29, 1.82) is 0 Å². The van der Waals surface area contributed by atoms with Crippen LogP contribution in [0.2, 0.25) is 0 Å². The van der Waals surface area contributed by atoms with Crippen LogP contribution in [0.25, 0.3) is 0 Å². The minimum absolute atomic E-state index is 0.287. The van der Waals surface area contributed by atoms with E-state index in [0.29, 0.717) is 19.2 Å². The van der Waals surface area contributed by atoms with Crippen molar-refractivity contribution in [2.24, 2.45) is 0 Å². The number of carbonyl (C=O) groups is 1. The lowest BCUT2D eigenvalue weighted by atomic mass is 10.1. The summed E-state index contributed by atoms with van der Waals surface area (Å²) in [6.45, 7) is 0.412. The van der Waals surface area contributed by atoms with Crippen LogP contribution in [0.5, 0.6) is 0 Å². The monoisotopic (exact) mass is 396 g/mol. The second kappa shape index (κ2) is 8.12. The maximum absolute atomic E-state index is 13.7. The van der Waals surface area contributed by atoms with Crippen LogP contribution < -0.4 is 4.72 Å². The fourth-order valence-corrected chi connectivity index (χ4v) is 3.82. The molecule has 2 aromatic carbocycles. The highest BCUT2D eigenvalue weighted by Gasteiger charge is 2.27. The van der Waals surface area contributed by atoms with Gasteiger partial charge >= 0.3 is 0 Å². The summed E-state index contributed by atoms with van der Waals surface area (Å²) in [6, 6.07) is 11.5. The van der Waals surface area contributed by atoms with Crippen LogP contribution in [0.1, 0.15) is 11.7 Å². The standard InChI is InChI=1S/C18H18F2N2O4S/c19-14-6-7-17(15(20)10-14)27(24,25)21-11-18(23)22-8-9-26-16(12-22)13-4-2-1-3-5-13/h1-7,10,16,21H,8-9,11-12H2/t16-/m1/s1. The number of hydrogen-bond donors (Lipinski definition) is 1. The molecule has 3 rings (SSSR count). The van der Waals surface area contributed by atoms with Crippen LogP contribution in [-0.2, 0) is 19.6 Å². The van der Waals surface area contributed by atoms with E-state index in [1.54, 1.807) is 0 Å². The van der Waals surface area contributed by atoms with Crippen molar-refractivity contribution in [1.82, 2.24) is 9.62 Å². The van der Waals surface area contributed by atoms with Gasteiger partial charge in [-0.25, -0.2) is 21.9 Å². The van der Waals surface area contributed by atoms with E-state index in [1.165, 1.54) is 4.90 Å². The van der Waals surface area contributed by atoms with Gasteiger partial charge in [0.25, 0.3) is 0 Å². The zero-order chi connectivity index (χ0) is 19.4. The van der Waals surface area contributed by atoms with Crippen LogP contribution in [0.15, 0.2) is 53.4 Å². The zero-order valence-corrected chi connectivity index (χ0v) is 15.1. The van der Waals surface area contributed by atoms with Crippen molar-refractivity contribution in [3.05, 3.63) is 65.7 Å². The molecule has 0 saturated carbocycles. The molecule has 1 amide bonds. The van der Waals surface area contributed by atoms with Crippen molar-refractivity contribution < 1.29 is 26.7 Å². The summed E-state index contributed by atoms with van der Waals surface area (Å²) >= 11 is 0. The molecule has 2 aromatic rings. The number of nitrogens with zero attached hydrogens (tertiary/aromatic N) is 1. The summed E-state index contributed by atoms with van der Waals surface area (Å²) in [5.41, 5.74) is 0.920. The number of sulfonamides is 1. The van der Waals surface area contributed by atoms with Gasteiger partial charge in [0.05, 0.1) is 19.7 Å². The highest BCUT2D eigenvalue weighted by atomic mass is 32.2. The Morgan fingerprint density at radius 2 is 1.93 bits per heavy atom. The minimum atomic E-state index is -4.28. The fraction of sp³-hybridized carbons (Fsp3) is 0.278. The maximum Gasteiger partial charge on any atom is 0.243 e. The summed E-state index contributed by atoms with van der Waals surface area (Å²) in [4.78, 5) is 13.2. The first kappa shape index (κ1) is 19.4. The number of halogens is 2. The molecule has 0 aliphatic carbocycles. The fourth-order valence-electron chi connectivity index (χ4n) is 2.78. The third-order valence-electron chi connectivity index (χ3n) is 4.19. The topological polar surface area (TPSA) is 75.7 Å². The molecule has 1 aliphatic rings. The molecule has 0 bridgehead atoms. The number of morpholine rings is 1. The average Bonchev–Trinajstić information content (AvgIpc) is 2.66. The molecule has 0 radical (unpaired) electrons. The predicted octanol–water partition coefficient (Wildman–Crippen LogP) is 1.84. The average molecular weight is 396 g/mol. The Labute approximate surface area is 155 Å². The maximum atomic E-state index is 13.7. The van der Waals surface area contributed by atoms with Crippen LogP contribution in [0.3, 0.4) is 0 Å². The Bertz CT molecular complexity index is 922. The van der Waals surface area contributed by atoms with E-state index in [4.69, 9.17) is 4.74 Å². The summed E-state index contributed by atoms with van der Waals surface area (Å²) in [5.74, 6) is -2.56.